The number of anilines is 1. The van der Waals surface area contributed by atoms with Crippen LogP contribution < -0.4 is 15.2 Å². The van der Waals surface area contributed by atoms with Gasteiger partial charge in [-0.2, -0.15) is 0 Å². The minimum absolute atomic E-state index is 0.339. The van der Waals surface area contributed by atoms with E-state index < -0.39 is 0 Å². The van der Waals surface area contributed by atoms with E-state index in [-0.39, 0.29) is 0 Å². The van der Waals surface area contributed by atoms with Crippen molar-refractivity contribution in [1.82, 2.24) is 0 Å². The van der Waals surface area contributed by atoms with Crippen molar-refractivity contribution >= 4 is 28.9 Å². The monoisotopic (exact) mass is 297 g/mol. The van der Waals surface area contributed by atoms with Gasteiger partial charge in [-0.05, 0) is 12.1 Å². The van der Waals surface area contributed by atoms with E-state index in [1.807, 2.05) is 24.3 Å². The molecule has 0 radical (unpaired) electrons. The Morgan fingerprint density at radius 3 is 2.47 bits per heavy atom. The number of nitrogens with two attached hydrogens (primary N) is 1. The van der Waals surface area contributed by atoms with E-state index in [9.17, 15) is 0 Å². The Hall–Kier alpha value is -1.58. The van der Waals surface area contributed by atoms with Crippen molar-refractivity contribution < 1.29 is 9.47 Å². The predicted molar refractivity (Wildman–Crippen MR) is 78.2 cm³/mol. The van der Waals surface area contributed by atoms with Gasteiger partial charge in [-0.25, -0.2) is 0 Å². The number of halogens is 2. The van der Waals surface area contributed by atoms with Crippen molar-refractivity contribution in [3.8, 4) is 11.5 Å². The minimum Gasteiger partial charge on any atom is -0.496 e. The van der Waals surface area contributed by atoms with Crippen LogP contribution in [0.1, 0.15) is 5.56 Å². The summed E-state index contributed by atoms with van der Waals surface area (Å²) in [7, 11) is 1.62. The summed E-state index contributed by atoms with van der Waals surface area (Å²) in [6, 6.07) is 10.8. The number of hydrogen-bond acceptors (Lipinski definition) is 3. The lowest BCUT2D eigenvalue weighted by atomic mass is 10.2. The third-order valence-corrected chi connectivity index (χ3v) is 3.35. The van der Waals surface area contributed by atoms with Gasteiger partial charge in [0.05, 0.1) is 22.8 Å². The van der Waals surface area contributed by atoms with E-state index in [0.717, 1.165) is 11.3 Å². The maximum absolute atomic E-state index is 5.93. The maximum Gasteiger partial charge on any atom is 0.144 e. The Bertz CT molecular complexity index is 588. The molecule has 0 spiro atoms. The molecule has 19 heavy (non-hydrogen) atoms. The topological polar surface area (TPSA) is 44.5 Å². The molecule has 0 aliphatic rings. The van der Waals surface area contributed by atoms with Crippen molar-refractivity contribution in [2.75, 3.05) is 12.8 Å². The van der Waals surface area contributed by atoms with Crippen LogP contribution in [-0.4, -0.2) is 7.11 Å². The molecule has 2 aromatic carbocycles. The molecule has 0 unspecified atom stereocenters. The van der Waals surface area contributed by atoms with Crippen molar-refractivity contribution in [3.63, 3.8) is 0 Å². The highest BCUT2D eigenvalue weighted by molar-refractivity contribution is 6.42. The zero-order chi connectivity index (χ0) is 13.8. The van der Waals surface area contributed by atoms with Crippen LogP contribution in [-0.2, 0) is 6.61 Å². The van der Waals surface area contributed by atoms with E-state index in [4.69, 9.17) is 38.4 Å². The number of methoxy groups -OCH3 is 1. The van der Waals surface area contributed by atoms with E-state index in [0.29, 0.717) is 28.1 Å². The molecule has 0 aliphatic heterocycles. The molecule has 0 aromatic heterocycles. The summed E-state index contributed by atoms with van der Waals surface area (Å²) in [5, 5.41) is 0.815. The number of nitrogen functional groups attached to an aromatic ring is 1. The van der Waals surface area contributed by atoms with Gasteiger partial charge in [-0.3, -0.25) is 0 Å². The molecule has 2 rings (SSSR count). The molecular weight excluding hydrogens is 285 g/mol. The third-order valence-electron chi connectivity index (χ3n) is 2.63. The molecule has 0 saturated carbocycles. The molecule has 0 aliphatic carbocycles. The highest BCUT2D eigenvalue weighted by Gasteiger charge is 2.08. The predicted octanol–water partition coefficient (Wildman–Crippen LogP) is 4.16. The van der Waals surface area contributed by atoms with Gasteiger partial charge in [0.2, 0.25) is 0 Å². The summed E-state index contributed by atoms with van der Waals surface area (Å²) in [4.78, 5) is 0. The highest BCUT2D eigenvalue weighted by Crippen LogP contribution is 2.33. The molecule has 0 saturated heterocycles. The van der Waals surface area contributed by atoms with Crippen molar-refractivity contribution in [1.29, 1.82) is 0 Å². The second kappa shape index (κ2) is 6.04. The molecule has 0 bridgehead atoms. The smallest absolute Gasteiger partial charge is 0.144 e. The zero-order valence-corrected chi connectivity index (χ0v) is 11.8. The Morgan fingerprint density at radius 1 is 1.05 bits per heavy atom. The fraction of sp³-hybridized carbons (Fsp3) is 0.143. The number of rotatable bonds is 4. The summed E-state index contributed by atoms with van der Waals surface area (Å²) in [6.07, 6.45) is 0. The molecule has 100 valence electrons. The summed E-state index contributed by atoms with van der Waals surface area (Å²) in [5.41, 5.74) is 7.20. The molecule has 2 aromatic rings. The number of para-hydroxylation sites is 1. The van der Waals surface area contributed by atoms with Gasteiger partial charge >= 0.3 is 0 Å². The van der Waals surface area contributed by atoms with Crippen LogP contribution in [0.15, 0.2) is 36.4 Å². The first-order valence-electron chi connectivity index (χ1n) is 5.61. The molecular formula is C14H13Cl2NO2. The highest BCUT2D eigenvalue weighted by atomic mass is 35.5. The Kier molecular flexibility index (Phi) is 4.40. The Labute approximate surface area is 121 Å². The molecule has 0 heterocycles. The number of ether oxygens (including phenoxy) is 2. The lowest BCUT2D eigenvalue weighted by molar-refractivity contribution is 0.298. The van der Waals surface area contributed by atoms with Gasteiger partial charge in [0.15, 0.2) is 0 Å². The second-order valence-corrected chi connectivity index (χ2v) is 4.72. The summed E-state index contributed by atoms with van der Waals surface area (Å²) < 4.78 is 10.9. The molecule has 0 atom stereocenters. The molecule has 5 heteroatoms. The quantitative estimate of drug-likeness (QED) is 0.862. The second-order valence-electron chi connectivity index (χ2n) is 3.90. The Balaban J connectivity index is 2.17. The summed E-state index contributed by atoms with van der Waals surface area (Å²) in [6.45, 7) is 0.339. The normalized spacial score (nSPS) is 10.3. The first kappa shape index (κ1) is 13.8. The molecule has 3 nitrogen and oxygen atoms in total. The summed E-state index contributed by atoms with van der Waals surface area (Å²) in [5.74, 6) is 1.27. The fourth-order valence-electron chi connectivity index (χ4n) is 1.65. The maximum atomic E-state index is 5.93. The zero-order valence-electron chi connectivity index (χ0n) is 10.3. The third kappa shape index (κ3) is 3.25. The van der Waals surface area contributed by atoms with Crippen LogP contribution >= 0.6 is 23.2 Å². The average Bonchev–Trinajstić information content (AvgIpc) is 2.41. The molecule has 2 N–H and O–H groups in total. The van der Waals surface area contributed by atoms with Gasteiger partial charge in [0, 0.05) is 11.6 Å². The van der Waals surface area contributed by atoms with Crippen molar-refractivity contribution in [3.05, 3.63) is 52.0 Å². The Morgan fingerprint density at radius 2 is 1.74 bits per heavy atom. The van der Waals surface area contributed by atoms with E-state index in [1.165, 1.54) is 0 Å². The van der Waals surface area contributed by atoms with Crippen LogP contribution in [0.2, 0.25) is 10.0 Å². The van der Waals surface area contributed by atoms with E-state index in [1.54, 1.807) is 19.2 Å². The lowest BCUT2D eigenvalue weighted by Crippen LogP contribution is -2.01. The van der Waals surface area contributed by atoms with Crippen LogP contribution in [0.4, 0.5) is 5.69 Å². The van der Waals surface area contributed by atoms with Gasteiger partial charge in [0.25, 0.3) is 0 Å². The molecule has 0 amide bonds. The van der Waals surface area contributed by atoms with Crippen molar-refractivity contribution in [2.24, 2.45) is 0 Å². The molecule has 0 fully saturated rings. The standard InChI is InChI=1S/C14H13Cl2NO2/c1-18-13-5-3-2-4-9(13)8-19-14-7-11(16)10(15)6-12(14)17/h2-7H,8,17H2,1H3. The van der Waals surface area contributed by atoms with Crippen LogP contribution in [0.25, 0.3) is 0 Å². The van der Waals surface area contributed by atoms with Gasteiger partial charge in [-0.1, -0.05) is 41.4 Å². The fourth-order valence-corrected chi connectivity index (χ4v) is 1.97. The lowest BCUT2D eigenvalue weighted by Gasteiger charge is -2.12. The minimum atomic E-state index is 0.339. The van der Waals surface area contributed by atoms with E-state index >= 15 is 0 Å². The van der Waals surface area contributed by atoms with Crippen LogP contribution in [0, 0.1) is 0 Å². The van der Waals surface area contributed by atoms with Crippen molar-refractivity contribution in [2.45, 2.75) is 6.61 Å². The van der Waals surface area contributed by atoms with Crippen LogP contribution in [0.3, 0.4) is 0 Å². The SMILES string of the molecule is COc1ccccc1COc1cc(Cl)c(Cl)cc1N. The van der Waals surface area contributed by atoms with Crippen LogP contribution in [0.5, 0.6) is 11.5 Å². The average molecular weight is 298 g/mol. The van der Waals surface area contributed by atoms with Gasteiger partial charge < -0.3 is 15.2 Å². The van der Waals surface area contributed by atoms with Gasteiger partial charge in [0.1, 0.15) is 18.1 Å². The van der Waals surface area contributed by atoms with E-state index in [2.05, 4.69) is 0 Å². The number of hydrogen-bond donors (Lipinski definition) is 1. The largest absolute Gasteiger partial charge is 0.496 e. The summed E-state index contributed by atoms with van der Waals surface area (Å²) >= 11 is 11.8. The first-order chi connectivity index (χ1) is 9.11. The number of benzene rings is 2. The van der Waals surface area contributed by atoms with Gasteiger partial charge in [-0.15, -0.1) is 0 Å². The first-order valence-corrected chi connectivity index (χ1v) is 6.36.